The summed E-state index contributed by atoms with van der Waals surface area (Å²) in [6, 6.07) is 21.0. The number of nitrogens with zero attached hydrogens (tertiary/aromatic N) is 2. The van der Waals surface area contributed by atoms with E-state index in [1.54, 1.807) is 31.4 Å². The van der Waals surface area contributed by atoms with E-state index in [0.29, 0.717) is 24.3 Å². The smallest absolute Gasteiger partial charge is 0.409 e. The Kier molecular flexibility index (Phi) is 7.00. The van der Waals surface area contributed by atoms with Crippen molar-refractivity contribution in [3.8, 4) is 16.9 Å². The molecule has 0 aliphatic heterocycles. The van der Waals surface area contributed by atoms with E-state index in [4.69, 9.17) is 9.47 Å². The molecule has 188 valence electrons. The Balaban J connectivity index is 1.56. The highest BCUT2D eigenvalue weighted by molar-refractivity contribution is 7.90. The lowest BCUT2D eigenvalue weighted by Gasteiger charge is -2.13. The molecule has 0 atom stereocenters. The maximum absolute atomic E-state index is 12.5. The Labute approximate surface area is 204 Å². The van der Waals surface area contributed by atoms with Gasteiger partial charge in [0.05, 0.1) is 11.0 Å². The van der Waals surface area contributed by atoms with Gasteiger partial charge in [-0.15, -0.1) is 0 Å². The standard InChI is InChI=1S/C24H20F3N3O5S/c1-34-15-22-28-19-7-3-4-8-20(19)30(22)14-16-10-12-17(13-11-16)18-6-2-5-9-21(18)35-23(31)29-36(32,33)24(25,26)27/h2-13H,14-15H2,1H3,(H,29,31). The summed E-state index contributed by atoms with van der Waals surface area (Å²) in [5, 5.41) is 0. The molecule has 0 fully saturated rings. The number of nitrogens with one attached hydrogen (secondary N) is 1. The van der Waals surface area contributed by atoms with Gasteiger partial charge in [0.2, 0.25) is 0 Å². The van der Waals surface area contributed by atoms with Crippen LogP contribution in [0.15, 0.2) is 72.8 Å². The number of rotatable bonds is 7. The molecular formula is C24H20F3N3O5S. The molecular weight excluding hydrogens is 499 g/mol. The molecule has 1 N–H and O–H groups in total. The number of aromatic nitrogens is 2. The number of hydrogen-bond acceptors (Lipinski definition) is 6. The molecule has 3 aromatic carbocycles. The number of hydrogen-bond donors (Lipinski definition) is 1. The number of carbonyl (C=O) groups excluding carboxylic acids is 1. The number of halogens is 3. The molecule has 4 aromatic rings. The van der Waals surface area contributed by atoms with E-state index in [0.717, 1.165) is 27.1 Å². The van der Waals surface area contributed by atoms with Crippen molar-refractivity contribution in [2.75, 3.05) is 7.11 Å². The summed E-state index contributed by atoms with van der Waals surface area (Å²) >= 11 is 0. The van der Waals surface area contributed by atoms with Crippen LogP contribution in [-0.2, 0) is 27.9 Å². The van der Waals surface area contributed by atoms with Crippen molar-refractivity contribution in [3.05, 3.63) is 84.2 Å². The molecule has 0 radical (unpaired) electrons. The third-order valence-electron chi connectivity index (χ3n) is 5.22. The second-order valence-corrected chi connectivity index (χ2v) is 9.34. The first-order valence-corrected chi connectivity index (χ1v) is 12.0. The number of benzene rings is 3. The van der Waals surface area contributed by atoms with Crippen molar-refractivity contribution < 1.29 is 35.9 Å². The molecule has 0 saturated heterocycles. The average Bonchev–Trinajstić information content (AvgIpc) is 3.16. The number of methoxy groups -OCH3 is 1. The van der Waals surface area contributed by atoms with E-state index in [-0.39, 0.29) is 5.75 Å². The summed E-state index contributed by atoms with van der Waals surface area (Å²) in [6.45, 7) is 0.846. The summed E-state index contributed by atoms with van der Waals surface area (Å²) in [5.74, 6) is 0.657. The highest BCUT2D eigenvalue weighted by Gasteiger charge is 2.47. The van der Waals surface area contributed by atoms with Crippen LogP contribution >= 0.6 is 0 Å². The highest BCUT2D eigenvalue weighted by atomic mass is 32.2. The zero-order valence-electron chi connectivity index (χ0n) is 18.8. The number of imidazole rings is 1. The fourth-order valence-electron chi connectivity index (χ4n) is 3.60. The van der Waals surface area contributed by atoms with Crippen LogP contribution in [0.25, 0.3) is 22.2 Å². The monoisotopic (exact) mass is 519 g/mol. The van der Waals surface area contributed by atoms with Crippen LogP contribution in [0.4, 0.5) is 18.0 Å². The summed E-state index contributed by atoms with van der Waals surface area (Å²) in [5.41, 5.74) is -1.92. The Morgan fingerprint density at radius 2 is 1.67 bits per heavy atom. The van der Waals surface area contributed by atoms with E-state index >= 15 is 0 Å². The van der Waals surface area contributed by atoms with Crippen LogP contribution in [0.5, 0.6) is 5.75 Å². The fraction of sp³-hybridized carbons (Fsp3) is 0.167. The molecule has 0 bridgehead atoms. The third kappa shape index (κ3) is 5.34. The lowest BCUT2D eigenvalue weighted by molar-refractivity contribution is -0.0446. The fourth-order valence-corrected chi connectivity index (χ4v) is 3.97. The van der Waals surface area contributed by atoms with Crippen molar-refractivity contribution in [1.82, 2.24) is 14.3 Å². The molecule has 36 heavy (non-hydrogen) atoms. The zero-order chi connectivity index (χ0) is 25.9. The van der Waals surface area contributed by atoms with E-state index in [2.05, 4.69) is 4.98 Å². The van der Waals surface area contributed by atoms with Crippen molar-refractivity contribution in [2.45, 2.75) is 18.7 Å². The van der Waals surface area contributed by atoms with E-state index in [1.165, 1.54) is 12.1 Å². The number of sulfonamides is 1. The Morgan fingerprint density at radius 3 is 2.36 bits per heavy atom. The number of alkyl halides is 3. The SMILES string of the molecule is COCc1nc2ccccc2n1Cc1ccc(-c2ccccc2OC(=O)NS(=O)(=O)C(F)(F)F)cc1. The van der Waals surface area contributed by atoms with Gasteiger partial charge in [-0.1, -0.05) is 54.6 Å². The minimum atomic E-state index is -5.89. The summed E-state index contributed by atoms with van der Waals surface area (Å²) < 4.78 is 73.0. The summed E-state index contributed by atoms with van der Waals surface area (Å²) in [4.78, 5) is 16.5. The van der Waals surface area contributed by atoms with Crippen LogP contribution in [0.1, 0.15) is 11.4 Å². The van der Waals surface area contributed by atoms with Gasteiger partial charge in [-0.25, -0.2) is 14.5 Å². The number of ether oxygens (including phenoxy) is 2. The van der Waals surface area contributed by atoms with Crippen molar-refractivity contribution in [3.63, 3.8) is 0 Å². The van der Waals surface area contributed by atoms with Gasteiger partial charge in [0.1, 0.15) is 18.2 Å². The Morgan fingerprint density at radius 1 is 1.00 bits per heavy atom. The maximum Gasteiger partial charge on any atom is 0.516 e. The minimum Gasteiger partial charge on any atom is -0.409 e. The Bertz CT molecular complexity index is 1500. The number of carbonyl (C=O) groups is 1. The van der Waals surface area contributed by atoms with Gasteiger partial charge in [0.15, 0.2) is 0 Å². The van der Waals surface area contributed by atoms with Gasteiger partial charge in [-0.3, -0.25) is 0 Å². The largest absolute Gasteiger partial charge is 0.516 e. The molecule has 1 amide bonds. The van der Waals surface area contributed by atoms with Crippen LogP contribution in [0.2, 0.25) is 0 Å². The normalized spacial score (nSPS) is 12.0. The van der Waals surface area contributed by atoms with Crippen molar-refractivity contribution in [2.24, 2.45) is 0 Å². The van der Waals surface area contributed by atoms with Crippen molar-refractivity contribution >= 4 is 27.1 Å². The predicted octanol–water partition coefficient (Wildman–Crippen LogP) is 4.84. The first kappa shape index (κ1) is 25.2. The van der Waals surface area contributed by atoms with Crippen LogP contribution in [-0.4, -0.2) is 36.7 Å². The van der Waals surface area contributed by atoms with Crippen LogP contribution in [0.3, 0.4) is 0 Å². The lowest BCUT2D eigenvalue weighted by atomic mass is 10.0. The highest BCUT2D eigenvalue weighted by Crippen LogP contribution is 2.31. The van der Waals surface area contributed by atoms with Crippen LogP contribution < -0.4 is 9.46 Å². The molecule has 0 saturated carbocycles. The Hall–Kier alpha value is -3.90. The second-order valence-electron chi connectivity index (χ2n) is 7.67. The molecule has 4 rings (SSSR count). The maximum atomic E-state index is 12.5. The first-order valence-electron chi connectivity index (χ1n) is 10.5. The van der Waals surface area contributed by atoms with Crippen LogP contribution in [0, 0.1) is 0 Å². The van der Waals surface area contributed by atoms with Gasteiger partial charge >= 0.3 is 21.6 Å². The van der Waals surface area contributed by atoms with Crippen molar-refractivity contribution in [1.29, 1.82) is 0 Å². The number of fused-ring (bicyclic) bond motifs is 1. The molecule has 0 aliphatic rings. The molecule has 8 nitrogen and oxygen atoms in total. The molecule has 1 aromatic heterocycles. The molecule has 12 heteroatoms. The molecule has 0 unspecified atom stereocenters. The predicted molar refractivity (Wildman–Crippen MR) is 126 cm³/mol. The van der Waals surface area contributed by atoms with E-state index < -0.39 is 21.6 Å². The van der Waals surface area contributed by atoms with Gasteiger partial charge in [0.25, 0.3) is 0 Å². The molecule has 1 heterocycles. The number of para-hydroxylation sites is 3. The molecule has 0 spiro atoms. The van der Waals surface area contributed by atoms with Gasteiger partial charge in [0, 0.05) is 19.2 Å². The third-order valence-corrected chi connectivity index (χ3v) is 6.27. The quantitative estimate of drug-likeness (QED) is 0.375. The van der Waals surface area contributed by atoms with E-state index in [1.807, 2.05) is 41.0 Å². The van der Waals surface area contributed by atoms with E-state index in [9.17, 15) is 26.4 Å². The van der Waals surface area contributed by atoms with Gasteiger partial charge in [-0.05, 0) is 29.3 Å². The van der Waals surface area contributed by atoms with Gasteiger partial charge in [-0.2, -0.15) is 21.6 Å². The topological polar surface area (TPSA) is 99.5 Å². The summed E-state index contributed by atoms with van der Waals surface area (Å²) in [7, 11) is -4.30. The zero-order valence-corrected chi connectivity index (χ0v) is 19.6. The minimum absolute atomic E-state index is 0.108. The first-order chi connectivity index (χ1) is 17.1. The summed E-state index contributed by atoms with van der Waals surface area (Å²) in [6.07, 6.45) is -1.77. The average molecular weight is 520 g/mol. The second kappa shape index (κ2) is 9.99. The number of amides is 1. The van der Waals surface area contributed by atoms with Gasteiger partial charge < -0.3 is 14.0 Å². The lowest BCUT2D eigenvalue weighted by Crippen LogP contribution is -2.41. The molecule has 0 aliphatic carbocycles.